The third-order valence-corrected chi connectivity index (χ3v) is 5.15. The number of thiophene rings is 1. The Kier molecular flexibility index (Phi) is 4.41. The summed E-state index contributed by atoms with van der Waals surface area (Å²) in [6.45, 7) is 5.38. The van der Waals surface area contributed by atoms with E-state index in [1.54, 1.807) is 0 Å². The fraction of sp³-hybridized carbons (Fsp3) is 0.667. The van der Waals surface area contributed by atoms with Crippen LogP contribution in [0.3, 0.4) is 0 Å². The molecule has 1 aromatic heterocycles. The molecule has 0 aromatic carbocycles. The molecule has 2 atom stereocenters. The summed E-state index contributed by atoms with van der Waals surface area (Å²) >= 11 is 5.40. The summed E-state index contributed by atoms with van der Waals surface area (Å²) in [6, 6.07) is 4.94. The molecule has 0 bridgehead atoms. The molecule has 1 fully saturated rings. The molecular weight excluding hydrogens is 284 g/mol. The molecule has 4 heteroatoms. The third kappa shape index (κ3) is 2.50. The van der Waals surface area contributed by atoms with E-state index in [2.05, 4.69) is 39.9 Å². The lowest BCUT2D eigenvalue weighted by molar-refractivity contribution is 0.105. The second-order valence-corrected chi connectivity index (χ2v) is 6.85. The van der Waals surface area contributed by atoms with Crippen LogP contribution in [-0.2, 0) is 0 Å². The Morgan fingerprint density at radius 3 is 2.94 bits per heavy atom. The van der Waals surface area contributed by atoms with E-state index in [4.69, 9.17) is 5.73 Å². The van der Waals surface area contributed by atoms with Gasteiger partial charge in [0.1, 0.15) is 0 Å². The maximum Gasteiger partial charge on any atom is 0.0701 e. The van der Waals surface area contributed by atoms with Crippen LogP contribution in [0.5, 0.6) is 0 Å². The van der Waals surface area contributed by atoms with Crippen molar-refractivity contribution >= 4 is 27.3 Å². The summed E-state index contributed by atoms with van der Waals surface area (Å²) in [5.41, 5.74) is 5.92. The van der Waals surface area contributed by atoms with Crippen LogP contribution < -0.4 is 5.73 Å². The van der Waals surface area contributed by atoms with E-state index in [0.29, 0.717) is 12.0 Å². The smallest absolute Gasteiger partial charge is 0.0701 e. The van der Waals surface area contributed by atoms with Gasteiger partial charge in [0.15, 0.2) is 0 Å². The van der Waals surface area contributed by atoms with E-state index in [9.17, 15) is 0 Å². The maximum atomic E-state index is 5.92. The van der Waals surface area contributed by atoms with E-state index in [1.165, 1.54) is 28.0 Å². The number of hydrogen-bond acceptors (Lipinski definition) is 3. The van der Waals surface area contributed by atoms with Crippen LogP contribution in [0.25, 0.3) is 0 Å². The largest absolute Gasteiger partial charge is 0.330 e. The highest BCUT2D eigenvalue weighted by Gasteiger charge is 2.31. The fourth-order valence-electron chi connectivity index (χ4n) is 2.65. The molecule has 2 rings (SSSR count). The summed E-state index contributed by atoms with van der Waals surface area (Å²) in [5.74, 6) is 0.624. The minimum Gasteiger partial charge on any atom is -0.330 e. The van der Waals surface area contributed by atoms with Gasteiger partial charge in [0.05, 0.1) is 3.79 Å². The SMILES string of the molecule is CCN1CCCC(CN)C1c1ccc(Br)s1. The molecule has 1 aliphatic rings. The summed E-state index contributed by atoms with van der Waals surface area (Å²) in [6.07, 6.45) is 2.56. The molecule has 2 N–H and O–H groups in total. The number of rotatable bonds is 3. The van der Waals surface area contributed by atoms with E-state index in [1.807, 2.05) is 11.3 Å². The van der Waals surface area contributed by atoms with Crippen molar-refractivity contribution < 1.29 is 0 Å². The quantitative estimate of drug-likeness (QED) is 0.929. The van der Waals surface area contributed by atoms with Crippen molar-refractivity contribution in [1.82, 2.24) is 4.90 Å². The number of likely N-dealkylation sites (tertiary alicyclic amines) is 1. The van der Waals surface area contributed by atoms with Gasteiger partial charge < -0.3 is 5.73 Å². The van der Waals surface area contributed by atoms with Crippen molar-refractivity contribution in [2.24, 2.45) is 11.7 Å². The Hall–Kier alpha value is 0.1000. The zero-order valence-electron chi connectivity index (χ0n) is 9.66. The van der Waals surface area contributed by atoms with Gasteiger partial charge >= 0.3 is 0 Å². The van der Waals surface area contributed by atoms with Crippen molar-refractivity contribution in [1.29, 1.82) is 0 Å². The summed E-state index contributed by atoms with van der Waals surface area (Å²) in [7, 11) is 0. The Balaban J connectivity index is 2.24. The second-order valence-electron chi connectivity index (χ2n) is 4.35. The van der Waals surface area contributed by atoms with Gasteiger partial charge in [-0.25, -0.2) is 0 Å². The van der Waals surface area contributed by atoms with Crippen molar-refractivity contribution in [3.8, 4) is 0 Å². The lowest BCUT2D eigenvalue weighted by Gasteiger charge is -2.40. The standard InChI is InChI=1S/C12H19BrN2S/c1-2-15-7-3-4-9(8-14)12(15)10-5-6-11(13)16-10/h5-6,9,12H,2-4,7-8,14H2,1H3. The van der Waals surface area contributed by atoms with E-state index < -0.39 is 0 Å². The molecule has 0 saturated carbocycles. The van der Waals surface area contributed by atoms with Gasteiger partial charge in [0, 0.05) is 10.9 Å². The van der Waals surface area contributed by atoms with Crippen LogP contribution in [0.2, 0.25) is 0 Å². The molecule has 1 aliphatic heterocycles. The number of piperidine rings is 1. The minimum atomic E-state index is 0.542. The van der Waals surface area contributed by atoms with Crippen LogP contribution in [0.15, 0.2) is 15.9 Å². The summed E-state index contributed by atoms with van der Waals surface area (Å²) < 4.78 is 1.22. The number of nitrogens with zero attached hydrogens (tertiary/aromatic N) is 1. The first-order valence-corrected chi connectivity index (χ1v) is 7.56. The van der Waals surface area contributed by atoms with Gasteiger partial charge in [-0.15, -0.1) is 11.3 Å². The highest BCUT2D eigenvalue weighted by Crippen LogP contribution is 2.39. The number of halogens is 1. The molecular formula is C12H19BrN2S. The Labute approximate surface area is 110 Å². The third-order valence-electron chi connectivity index (χ3n) is 3.45. The summed E-state index contributed by atoms with van der Waals surface area (Å²) in [4.78, 5) is 4.03. The van der Waals surface area contributed by atoms with E-state index in [0.717, 1.165) is 13.1 Å². The van der Waals surface area contributed by atoms with Crippen molar-refractivity contribution in [2.75, 3.05) is 19.6 Å². The van der Waals surface area contributed by atoms with E-state index in [-0.39, 0.29) is 0 Å². The van der Waals surface area contributed by atoms with Gasteiger partial charge in [0.25, 0.3) is 0 Å². The Morgan fingerprint density at radius 1 is 1.56 bits per heavy atom. The molecule has 0 radical (unpaired) electrons. The van der Waals surface area contributed by atoms with Gasteiger partial charge in [-0.1, -0.05) is 6.92 Å². The predicted molar refractivity (Wildman–Crippen MR) is 73.8 cm³/mol. The first kappa shape index (κ1) is 12.6. The summed E-state index contributed by atoms with van der Waals surface area (Å²) in [5, 5.41) is 0. The number of nitrogens with two attached hydrogens (primary N) is 1. The van der Waals surface area contributed by atoms with Gasteiger partial charge in [-0.2, -0.15) is 0 Å². The zero-order valence-corrected chi connectivity index (χ0v) is 12.1. The molecule has 1 aromatic rings. The van der Waals surface area contributed by atoms with Gasteiger partial charge in [-0.05, 0) is 66.5 Å². The lowest BCUT2D eigenvalue weighted by Crippen LogP contribution is -2.41. The predicted octanol–water partition coefficient (Wildman–Crippen LogP) is 3.24. The highest BCUT2D eigenvalue weighted by atomic mass is 79.9. The molecule has 2 unspecified atom stereocenters. The average Bonchev–Trinajstić information content (AvgIpc) is 2.74. The van der Waals surface area contributed by atoms with Crippen molar-refractivity contribution in [3.05, 3.63) is 20.8 Å². The zero-order chi connectivity index (χ0) is 11.5. The molecule has 2 nitrogen and oxygen atoms in total. The first-order chi connectivity index (χ1) is 7.76. The lowest BCUT2D eigenvalue weighted by atomic mass is 9.88. The van der Waals surface area contributed by atoms with Crippen molar-refractivity contribution in [3.63, 3.8) is 0 Å². The normalized spacial score (nSPS) is 27.2. The highest BCUT2D eigenvalue weighted by molar-refractivity contribution is 9.11. The first-order valence-electron chi connectivity index (χ1n) is 5.95. The Morgan fingerprint density at radius 2 is 2.38 bits per heavy atom. The fourth-order valence-corrected chi connectivity index (χ4v) is 4.31. The molecule has 0 amide bonds. The van der Waals surface area contributed by atoms with Crippen LogP contribution in [-0.4, -0.2) is 24.5 Å². The monoisotopic (exact) mass is 302 g/mol. The van der Waals surface area contributed by atoms with Crippen LogP contribution in [0.1, 0.15) is 30.7 Å². The topological polar surface area (TPSA) is 29.3 Å². The molecule has 90 valence electrons. The minimum absolute atomic E-state index is 0.542. The van der Waals surface area contributed by atoms with Crippen LogP contribution in [0, 0.1) is 5.92 Å². The molecule has 1 saturated heterocycles. The molecule has 16 heavy (non-hydrogen) atoms. The second kappa shape index (κ2) is 5.63. The molecule has 2 heterocycles. The van der Waals surface area contributed by atoms with Crippen LogP contribution >= 0.6 is 27.3 Å². The van der Waals surface area contributed by atoms with Gasteiger partial charge in [-0.3, -0.25) is 4.90 Å². The van der Waals surface area contributed by atoms with Crippen molar-refractivity contribution in [2.45, 2.75) is 25.8 Å². The average molecular weight is 303 g/mol. The van der Waals surface area contributed by atoms with Crippen LogP contribution in [0.4, 0.5) is 0 Å². The molecule has 0 spiro atoms. The van der Waals surface area contributed by atoms with Gasteiger partial charge in [0.2, 0.25) is 0 Å². The number of hydrogen-bond donors (Lipinski definition) is 1. The molecule has 0 aliphatic carbocycles. The Bertz CT molecular complexity index is 328. The van der Waals surface area contributed by atoms with E-state index >= 15 is 0 Å². The maximum absolute atomic E-state index is 5.92.